The largest absolute Gasteiger partial charge is 0.416 e. The Kier molecular flexibility index (Phi) is 7.30. The van der Waals surface area contributed by atoms with Crippen molar-refractivity contribution in [3.63, 3.8) is 0 Å². The number of aliphatic imine (C=N–C) groups is 1. The summed E-state index contributed by atoms with van der Waals surface area (Å²) in [5, 5.41) is 9.48. The highest BCUT2D eigenvalue weighted by atomic mass is 32.2. The van der Waals surface area contributed by atoms with Crippen LogP contribution in [0.2, 0.25) is 0 Å². The molecule has 36 heavy (non-hydrogen) atoms. The number of alkyl halides is 3. The first-order chi connectivity index (χ1) is 17.3. The standard InChI is InChI=1S/C24H31F3N6O2S/c1-28-23-8-10-33(18-6-4-17(5-7-18)24(25,26)27)20(23)14-32(16-23)9-3-13-36-22-30-29-21(31(22)2)19-15-34-11-12-35-19/h4-7,19-20H,1,3,8-16H2,2H3/t19-,20+,23+/m0/s1. The number of rotatable bonds is 8. The third-order valence-corrected chi connectivity index (χ3v) is 8.48. The van der Waals surface area contributed by atoms with Gasteiger partial charge in [0.1, 0.15) is 6.10 Å². The molecule has 1 aromatic heterocycles. The highest BCUT2D eigenvalue weighted by molar-refractivity contribution is 7.99. The molecule has 5 rings (SSSR count). The van der Waals surface area contributed by atoms with Gasteiger partial charge in [0.2, 0.25) is 0 Å². The van der Waals surface area contributed by atoms with Crippen LogP contribution in [0.15, 0.2) is 34.4 Å². The second-order valence-electron chi connectivity index (χ2n) is 9.54. The third-order valence-electron chi connectivity index (χ3n) is 7.37. The molecule has 8 nitrogen and oxygen atoms in total. The number of aromatic nitrogens is 3. The minimum Gasteiger partial charge on any atom is -0.376 e. The van der Waals surface area contributed by atoms with Crippen molar-refractivity contribution >= 4 is 24.2 Å². The van der Waals surface area contributed by atoms with E-state index in [0.717, 1.165) is 73.6 Å². The van der Waals surface area contributed by atoms with Gasteiger partial charge in [-0.05, 0) is 50.4 Å². The van der Waals surface area contributed by atoms with Gasteiger partial charge < -0.3 is 18.9 Å². The van der Waals surface area contributed by atoms with E-state index in [-0.39, 0.29) is 17.7 Å². The van der Waals surface area contributed by atoms with Crippen molar-refractivity contribution in [1.29, 1.82) is 0 Å². The van der Waals surface area contributed by atoms with Crippen molar-refractivity contribution in [3.05, 3.63) is 35.7 Å². The summed E-state index contributed by atoms with van der Waals surface area (Å²) in [4.78, 5) is 9.13. The number of ether oxygens (including phenoxy) is 2. The fraction of sp³-hybridized carbons (Fsp3) is 0.625. The molecule has 3 aliphatic rings. The lowest BCUT2D eigenvalue weighted by Crippen LogP contribution is -2.42. The van der Waals surface area contributed by atoms with Crippen LogP contribution in [-0.2, 0) is 22.7 Å². The molecule has 0 bridgehead atoms. The van der Waals surface area contributed by atoms with Crippen molar-refractivity contribution in [3.8, 4) is 0 Å². The van der Waals surface area contributed by atoms with Crippen LogP contribution in [0.4, 0.5) is 18.9 Å². The van der Waals surface area contributed by atoms with Gasteiger partial charge in [0, 0.05) is 38.1 Å². The molecule has 0 spiro atoms. The topological polar surface area (TPSA) is 68.0 Å². The first-order valence-electron chi connectivity index (χ1n) is 12.2. The van der Waals surface area contributed by atoms with Crippen LogP contribution in [0, 0.1) is 0 Å². The summed E-state index contributed by atoms with van der Waals surface area (Å²) in [5.41, 5.74) is -0.101. The van der Waals surface area contributed by atoms with Gasteiger partial charge in [0.05, 0.1) is 37.0 Å². The Morgan fingerprint density at radius 2 is 2.03 bits per heavy atom. The van der Waals surface area contributed by atoms with Crippen LogP contribution in [0.5, 0.6) is 0 Å². The summed E-state index contributed by atoms with van der Waals surface area (Å²) in [6.07, 6.45) is -2.69. The van der Waals surface area contributed by atoms with E-state index in [1.165, 1.54) is 0 Å². The molecular weight excluding hydrogens is 493 g/mol. The highest BCUT2D eigenvalue weighted by Crippen LogP contribution is 2.41. The molecule has 3 saturated heterocycles. The summed E-state index contributed by atoms with van der Waals surface area (Å²) in [5.74, 6) is 1.68. The Balaban J connectivity index is 1.15. The van der Waals surface area contributed by atoms with Crippen molar-refractivity contribution in [2.75, 3.05) is 56.7 Å². The lowest BCUT2D eigenvalue weighted by atomic mass is 9.94. The predicted octanol–water partition coefficient (Wildman–Crippen LogP) is 3.44. The average Bonchev–Trinajstić information content (AvgIpc) is 3.53. The number of anilines is 1. The number of hydrogen-bond acceptors (Lipinski definition) is 8. The molecule has 3 aliphatic heterocycles. The van der Waals surface area contributed by atoms with Gasteiger partial charge in [0.15, 0.2) is 11.0 Å². The number of hydrogen-bond donors (Lipinski definition) is 0. The molecule has 2 aromatic rings. The van der Waals surface area contributed by atoms with E-state index < -0.39 is 11.7 Å². The van der Waals surface area contributed by atoms with Crippen molar-refractivity contribution in [2.45, 2.75) is 41.9 Å². The molecule has 0 saturated carbocycles. The number of thioether (sulfide) groups is 1. The van der Waals surface area contributed by atoms with Gasteiger partial charge in [-0.2, -0.15) is 13.2 Å². The van der Waals surface area contributed by atoms with E-state index >= 15 is 0 Å². The molecule has 0 aliphatic carbocycles. The van der Waals surface area contributed by atoms with Crippen molar-refractivity contribution in [2.24, 2.45) is 12.0 Å². The van der Waals surface area contributed by atoms with Gasteiger partial charge in [-0.25, -0.2) is 0 Å². The van der Waals surface area contributed by atoms with Crippen LogP contribution in [0.3, 0.4) is 0 Å². The maximum absolute atomic E-state index is 13.0. The van der Waals surface area contributed by atoms with Crippen LogP contribution in [0.1, 0.15) is 30.3 Å². The molecule has 0 radical (unpaired) electrons. The van der Waals surface area contributed by atoms with Gasteiger partial charge in [-0.3, -0.25) is 9.89 Å². The van der Waals surface area contributed by atoms with Crippen LogP contribution < -0.4 is 4.90 Å². The van der Waals surface area contributed by atoms with E-state index in [9.17, 15) is 13.2 Å². The average molecular weight is 525 g/mol. The molecule has 196 valence electrons. The second kappa shape index (κ2) is 10.3. The Hall–Kier alpha value is -2.15. The normalized spacial score (nSPS) is 26.9. The minimum absolute atomic E-state index is 0.110. The summed E-state index contributed by atoms with van der Waals surface area (Å²) in [6, 6.07) is 5.57. The van der Waals surface area contributed by atoms with E-state index in [1.54, 1.807) is 23.9 Å². The Morgan fingerprint density at radius 1 is 1.22 bits per heavy atom. The molecule has 1 aromatic carbocycles. The quantitative estimate of drug-likeness (QED) is 0.298. The van der Waals surface area contributed by atoms with Gasteiger partial charge in [-0.1, -0.05) is 11.8 Å². The zero-order valence-corrected chi connectivity index (χ0v) is 21.1. The van der Waals surface area contributed by atoms with Gasteiger partial charge in [0.25, 0.3) is 0 Å². The minimum atomic E-state index is -4.33. The monoisotopic (exact) mass is 524 g/mol. The highest BCUT2D eigenvalue weighted by Gasteiger charge is 2.53. The molecule has 4 heterocycles. The van der Waals surface area contributed by atoms with E-state index in [0.29, 0.717) is 19.8 Å². The van der Waals surface area contributed by atoms with E-state index in [4.69, 9.17) is 9.47 Å². The summed E-state index contributed by atoms with van der Waals surface area (Å²) >= 11 is 1.67. The maximum Gasteiger partial charge on any atom is 0.416 e. The van der Waals surface area contributed by atoms with Crippen molar-refractivity contribution < 1.29 is 22.6 Å². The molecule has 3 fully saturated rings. The molecule has 0 N–H and O–H groups in total. The zero-order valence-electron chi connectivity index (χ0n) is 20.3. The van der Waals surface area contributed by atoms with E-state index in [2.05, 4.69) is 31.7 Å². The second-order valence-corrected chi connectivity index (χ2v) is 10.6. The Bertz CT molecular complexity index is 1060. The van der Waals surface area contributed by atoms with Crippen LogP contribution in [-0.4, -0.2) is 89.7 Å². The molecular formula is C24H31F3N6O2S. The molecule has 0 unspecified atom stereocenters. The van der Waals surface area contributed by atoms with Crippen molar-refractivity contribution in [1.82, 2.24) is 19.7 Å². The number of fused-ring (bicyclic) bond motifs is 1. The van der Waals surface area contributed by atoms with Gasteiger partial charge >= 0.3 is 6.18 Å². The zero-order chi connectivity index (χ0) is 25.3. The summed E-state index contributed by atoms with van der Waals surface area (Å²) in [7, 11) is 1.95. The third kappa shape index (κ3) is 5.00. The Labute approximate surface area is 212 Å². The Morgan fingerprint density at radius 3 is 2.72 bits per heavy atom. The number of nitrogens with zero attached hydrogens (tertiary/aromatic N) is 6. The smallest absolute Gasteiger partial charge is 0.376 e. The fourth-order valence-electron chi connectivity index (χ4n) is 5.45. The van der Waals surface area contributed by atoms with Crippen LogP contribution >= 0.6 is 11.8 Å². The number of halogens is 3. The molecule has 12 heteroatoms. The summed E-state index contributed by atoms with van der Waals surface area (Å²) in [6.45, 7) is 8.86. The maximum atomic E-state index is 13.0. The summed E-state index contributed by atoms with van der Waals surface area (Å²) < 4.78 is 52.1. The lowest BCUT2D eigenvalue weighted by molar-refractivity contribution is -0.137. The molecule has 3 atom stereocenters. The first-order valence-corrected chi connectivity index (χ1v) is 13.1. The molecule has 0 amide bonds. The lowest BCUT2D eigenvalue weighted by Gasteiger charge is -2.29. The van der Waals surface area contributed by atoms with Crippen LogP contribution in [0.25, 0.3) is 0 Å². The number of likely N-dealkylation sites (tertiary alicyclic amines) is 1. The number of benzene rings is 1. The SMILES string of the molecule is C=N[C@@]12CCN(c3ccc(C(F)(F)F)cc3)[C@@H]1CN(CCCSc1nnc([C@@H]3COCCO3)n1C)C2. The first kappa shape index (κ1) is 25.5. The van der Waals surface area contributed by atoms with Gasteiger partial charge in [-0.15, -0.1) is 10.2 Å². The fourth-order valence-corrected chi connectivity index (χ4v) is 6.29. The predicted molar refractivity (Wildman–Crippen MR) is 132 cm³/mol. The van der Waals surface area contributed by atoms with E-state index in [1.807, 2.05) is 11.6 Å².